The summed E-state index contributed by atoms with van der Waals surface area (Å²) >= 11 is 5.80. The Morgan fingerprint density at radius 1 is 1.43 bits per heavy atom. The van der Waals surface area contributed by atoms with Crippen LogP contribution in [0.25, 0.3) is 11.3 Å². The minimum Gasteiger partial charge on any atom is -0.376 e. The van der Waals surface area contributed by atoms with Gasteiger partial charge in [0.25, 0.3) is 0 Å². The summed E-state index contributed by atoms with van der Waals surface area (Å²) in [6, 6.07) is 4.22. The van der Waals surface area contributed by atoms with Crippen LogP contribution in [0.1, 0.15) is 26.3 Å². The van der Waals surface area contributed by atoms with Crippen LogP contribution in [-0.4, -0.2) is 58.9 Å². The number of rotatable bonds is 5. The molecule has 0 amide bonds. The van der Waals surface area contributed by atoms with Gasteiger partial charge < -0.3 is 18.9 Å². The third-order valence-electron chi connectivity index (χ3n) is 5.47. The average molecular weight is 438 g/mol. The molecule has 0 unspecified atom stereocenters. The highest BCUT2D eigenvalue weighted by atomic mass is 35.5. The van der Waals surface area contributed by atoms with Crippen molar-refractivity contribution in [3.05, 3.63) is 47.9 Å². The first-order valence-electron chi connectivity index (χ1n) is 9.81. The predicted octanol–water partition coefficient (Wildman–Crippen LogP) is 3.79. The lowest BCUT2D eigenvalue weighted by atomic mass is 9.90. The van der Waals surface area contributed by atoms with Crippen molar-refractivity contribution in [2.75, 3.05) is 13.7 Å². The topological polar surface area (TPSA) is 67.6 Å². The Bertz CT molecular complexity index is 921. The van der Waals surface area contributed by atoms with Gasteiger partial charge in [0, 0.05) is 12.7 Å². The van der Waals surface area contributed by atoms with Gasteiger partial charge in [0.1, 0.15) is 35.9 Å². The molecule has 2 fully saturated rings. The van der Waals surface area contributed by atoms with Gasteiger partial charge in [-0.1, -0.05) is 29.0 Å². The van der Waals surface area contributed by atoms with E-state index < -0.39 is 11.6 Å². The van der Waals surface area contributed by atoms with Crippen molar-refractivity contribution in [1.82, 2.24) is 15.0 Å². The molecule has 0 bridgehead atoms. The van der Waals surface area contributed by atoms with E-state index in [0.717, 1.165) is 0 Å². The molecule has 2 saturated heterocycles. The third-order valence-corrected chi connectivity index (χ3v) is 5.78. The van der Waals surface area contributed by atoms with E-state index in [9.17, 15) is 4.39 Å². The number of halogens is 2. The number of hydrogen-bond acceptors (Lipinski definition) is 6. The molecule has 4 rings (SSSR count). The molecule has 2 aliphatic rings. The summed E-state index contributed by atoms with van der Waals surface area (Å²) in [5.74, 6) is -1.28. The van der Waals surface area contributed by atoms with Crippen LogP contribution in [0.2, 0.25) is 5.02 Å². The van der Waals surface area contributed by atoms with Gasteiger partial charge in [-0.3, -0.25) is 0 Å². The lowest BCUT2D eigenvalue weighted by molar-refractivity contribution is -0.349. The van der Waals surface area contributed by atoms with Crippen LogP contribution in [0.5, 0.6) is 0 Å². The number of methoxy groups -OCH3 is 1. The molecule has 1 aromatic carbocycles. The highest BCUT2D eigenvalue weighted by Gasteiger charge is 2.52. The van der Waals surface area contributed by atoms with Crippen LogP contribution in [0.15, 0.2) is 37.1 Å². The number of fused-ring (bicyclic) bond motifs is 1. The van der Waals surface area contributed by atoms with Crippen molar-refractivity contribution >= 4 is 11.6 Å². The van der Waals surface area contributed by atoms with Crippen LogP contribution < -0.4 is 0 Å². The summed E-state index contributed by atoms with van der Waals surface area (Å²) in [6.45, 7) is 7.94. The van der Waals surface area contributed by atoms with Crippen molar-refractivity contribution in [3.63, 3.8) is 0 Å². The molecule has 3 heterocycles. The maximum absolute atomic E-state index is 13.9. The molecule has 0 aliphatic carbocycles. The number of nitrogens with zero attached hydrogens (tertiary/aromatic N) is 3. The molecule has 162 valence electrons. The van der Waals surface area contributed by atoms with Crippen LogP contribution in [0.4, 0.5) is 4.39 Å². The summed E-state index contributed by atoms with van der Waals surface area (Å²) < 4.78 is 39.7. The normalized spacial score (nSPS) is 30.6. The molecule has 2 aromatic rings. The minimum absolute atomic E-state index is 0.0583. The maximum Gasteiger partial charge on any atom is 0.163 e. The highest BCUT2D eigenvalue weighted by molar-refractivity contribution is 6.30. The van der Waals surface area contributed by atoms with Gasteiger partial charge in [0.2, 0.25) is 0 Å². The van der Waals surface area contributed by atoms with Crippen LogP contribution >= 0.6 is 11.6 Å². The summed E-state index contributed by atoms with van der Waals surface area (Å²) in [4.78, 5) is 0. The van der Waals surface area contributed by atoms with Crippen molar-refractivity contribution in [3.8, 4) is 11.3 Å². The predicted molar refractivity (Wildman–Crippen MR) is 109 cm³/mol. The van der Waals surface area contributed by atoms with E-state index in [-0.39, 0.29) is 35.5 Å². The average Bonchev–Trinajstić information content (AvgIpc) is 3.19. The Kier molecular flexibility index (Phi) is 5.96. The Labute approximate surface area is 179 Å². The second-order valence-electron chi connectivity index (χ2n) is 7.93. The van der Waals surface area contributed by atoms with Gasteiger partial charge in [0.15, 0.2) is 5.79 Å². The zero-order valence-corrected chi connectivity index (χ0v) is 17.9. The molecule has 7 nitrogen and oxygen atoms in total. The van der Waals surface area contributed by atoms with Gasteiger partial charge in [-0.25, -0.2) is 9.07 Å². The van der Waals surface area contributed by atoms with Crippen molar-refractivity contribution < 1.29 is 23.3 Å². The second-order valence-corrected chi connectivity index (χ2v) is 8.34. The van der Waals surface area contributed by atoms with Gasteiger partial charge in [0.05, 0.1) is 23.9 Å². The van der Waals surface area contributed by atoms with E-state index in [4.69, 9.17) is 30.5 Å². The summed E-state index contributed by atoms with van der Waals surface area (Å²) in [6.07, 6.45) is 2.91. The molecule has 0 saturated carbocycles. The SMILES string of the molecule is C=CC[C@H]1O[C@@H]2COC(C)(C)O[C@@H]2[C@H](n2cc(-c3ccc(Cl)c(F)c3)nn2)[C@H]1OC. The molecule has 0 spiro atoms. The number of benzene rings is 1. The van der Waals surface area contributed by atoms with E-state index in [2.05, 4.69) is 16.9 Å². The summed E-state index contributed by atoms with van der Waals surface area (Å²) in [5.41, 5.74) is 1.10. The molecule has 1 aromatic heterocycles. The number of ether oxygens (including phenoxy) is 4. The van der Waals surface area contributed by atoms with E-state index in [1.165, 1.54) is 12.1 Å². The standard InChI is InChI=1S/C21H25ClFN3O4/c1-5-6-16-19(27-4)18(20-17(29-16)11-28-21(2,3)30-20)26-10-15(24-25-26)12-7-8-13(22)14(23)9-12/h5,7-10,16-20H,1,6,11H2,2-4H3/t16-,17-,18-,19+,20+/m1/s1. The summed E-state index contributed by atoms with van der Waals surface area (Å²) in [7, 11) is 1.63. The van der Waals surface area contributed by atoms with Gasteiger partial charge >= 0.3 is 0 Å². The lowest BCUT2D eigenvalue weighted by Crippen LogP contribution is -2.62. The Hall–Kier alpha value is -1.84. The fourth-order valence-corrected chi connectivity index (χ4v) is 4.20. The molecular weight excluding hydrogens is 413 g/mol. The summed E-state index contributed by atoms with van der Waals surface area (Å²) in [5, 5.41) is 8.63. The third kappa shape index (κ3) is 4.02. The molecule has 0 radical (unpaired) electrons. The van der Waals surface area contributed by atoms with E-state index in [1.54, 1.807) is 30.1 Å². The van der Waals surface area contributed by atoms with E-state index >= 15 is 0 Å². The van der Waals surface area contributed by atoms with Crippen molar-refractivity contribution in [2.24, 2.45) is 0 Å². The molecule has 5 atom stereocenters. The quantitative estimate of drug-likeness (QED) is 0.663. The molecule has 30 heavy (non-hydrogen) atoms. The van der Waals surface area contributed by atoms with Crippen LogP contribution in [0.3, 0.4) is 0 Å². The van der Waals surface area contributed by atoms with E-state index in [0.29, 0.717) is 24.3 Å². The van der Waals surface area contributed by atoms with Gasteiger partial charge in [-0.05, 0) is 32.4 Å². The molecular formula is C21H25ClFN3O4. The van der Waals surface area contributed by atoms with E-state index in [1.807, 2.05) is 13.8 Å². The smallest absolute Gasteiger partial charge is 0.163 e. The van der Waals surface area contributed by atoms with Crippen molar-refractivity contribution in [2.45, 2.75) is 56.5 Å². The van der Waals surface area contributed by atoms with Crippen LogP contribution in [0, 0.1) is 5.82 Å². The maximum atomic E-state index is 13.9. The number of hydrogen-bond donors (Lipinski definition) is 0. The minimum atomic E-state index is -0.769. The molecule has 9 heteroatoms. The van der Waals surface area contributed by atoms with Crippen LogP contribution in [-0.2, 0) is 18.9 Å². The highest BCUT2D eigenvalue weighted by Crippen LogP contribution is 2.40. The molecule has 0 N–H and O–H groups in total. The van der Waals surface area contributed by atoms with Gasteiger partial charge in [-0.15, -0.1) is 11.7 Å². The zero-order chi connectivity index (χ0) is 21.5. The Balaban J connectivity index is 1.71. The zero-order valence-electron chi connectivity index (χ0n) is 17.1. The Morgan fingerprint density at radius 3 is 2.93 bits per heavy atom. The number of aromatic nitrogens is 3. The van der Waals surface area contributed by atoms with Gasteiger partial charge in [-0.2, -0.15) is 0 Å². The fourth-order valence-electron chi connectivity index (χ4n) is 4.09. The Morgan fingerprint density at radius 2 is 2.23 bits per heavy atom. The first-order chi connectivity index (χ1) is 14.3. The first-order valence-corrected chi connectivity index (χ1v) is 10.2. The second kappa shape index (κ2) is 8.36. The first kappa shape index (κ1) is 21.4. The monoisotopic (exact) mass is 437 g/mol. The lowest BCUT2D eigenvalue weighted by Gasteiger charge is -2.51. The molecule has 2 aliphatic heterocycles. The van der Waals surface area contributed by atoms with Crippen molar-refractivity contribution in [1.29, 1.82) is 0 Å². The fraction of sp³-hybridized carbons (Fsp3) is 0.524. The largest absolute Gasteiger partial charge is 0.376 e.